The van der Waals surface area contributed by atoms with Crippen molar-refractivity contribution in [3.05, 3.63) is 57.0 Å². The lowest BCUT2D eigenvalue weighted by atomic mass is 10.2. The second kappa shape index (κ2) is 6.00. The topological polar surface area (TPSA) is 98.0 Å². The molecular weight excluding hydrogens is 324 g/mol. The van der Waals surface area contributed by atoms with Gasteiger partial charge in [-0.1, -0.05) is 11.3 Å². The molecular formula is C13H8N4O3S2. The first-order chi connectivity index (χ1) is 10.6. The average Bonchev–Trinajstić information content (AvgIpc) is 3.17. The minimum atomic E-state index is -0.522. The van der Waals surface area contributed by atoms with Crippen molar-refractivity contribution < 1.29 is 9.72 Å². The number of amides is 1. The number of carbonyl (C=O) groups is 1. The molecule has 0 aliphatic carbocycles. The second-order valence-electron chi connectivity index (χ2n) is 4.13. The first-order valence-corrected chi connectivity index (χ1v) is 7.74. The van der Waals surface area contributed by atoms with Crippen LogP contribution in [-0.2, 0) is 0 Å². The largest absolute Gasteiger partial charge is 0.324 e. The van der Waals surface area contributed by atoms with E-state index in [0.717, 1.165) is 16.9 Å². The highest BCUT2D eigenvalue weighted by Crippen LogP contribution is 2.27. The molecule has 3 aromatic heterocycles. The Morgan fingerprint density at radius 3 is 2.86 bits per heavy atom. The molecule has 3 aromatic rings. The van der Waals surface area contributed by atoms with E-state index in [-0.39, 0.29) is 9.88 Å². The zero-order chi connectivity index (χ0) is 15.5. The van der Waals surface area contributed by atoms with Gasteiger partial charge in [0.2, 0.25) is 0 Å². The van der Waals surface area contributed by atoms with Gasteiger partial charge >= 0.3 is 5.00 Å². The lowest BCUT2D eigenvalue weighted by Crippen LogP contribution is -2.09. The van der Waals surface area contributed by atoms with Gasteiger partial charge in [-0.25, -0.2) is 4.98 Å². The third-order valence-electron chi connectivity index (χ3n) is 2.68. The van der Waals surface area contributed by atoms with Crippen LogP contribution in [-0.4, -0.2) is 20.8 Å². The molecule has 110 valence electrons. The van der Waals surface area contributed by atoms with E-state index in [4.69, 9.17) is 0 Å². The van der Waals surface area contributed by atoms with Gasteiger partial charge in [-0.3, -0.25) is 25.2 Å². The first-order valence-electron chi connectivity index (χ1n) is 6.05. The van der Waals surface area contributed by atoms with Gasteiger partial charge in [0.05, 0.1) is 15.5 Å². The normalized spacial score (nSPS) is 10.4. The maximum Gasteiger partial charge on any atom is 0.324 e. The summed E-state index contributed by atoms with van der Waals surface area (Å²) in [5.41, 5.74) is 1.57. The van der Waals surface area contributed by atoms with Crippen LogP contribution in [0.15, 0.2) is 42.0 Å². The smallest absolute Gasteiger partial charge is 0.297 e. The highest BCUT2D eigenvalue weighted by molar-refractivity contribution is 7.17. The lowest BCUT2D eigenvalue weighted by Gasteiger charge is -1.97. The van der Waals surface area contributed by atoms with Crippen LogP contribution in [0.3, 0.4) is 0 Å². The number of nitrogens with zero attached hydrogens (tertiary/aromatic N) is 3. The number of nitro groups is 1. The maximum absolute atomic E-state index is 12.0. The van der Waals surface area contributed by atoms with Crippen molar-refractivity contribution in [2.45, 2.75) is 0 Å². The number of rotatable bonds is 4. The Hall–Kier alpha value is -2.65. The number of anilines is 1. The van der Waals surface area contributed by atoms with Crippen LogP contribution < -0.4 is 5.32 Å². The molecule has 0 radical (unpaired) electrons. The summed E-state index contributed by atoms with van der Waals surface area (Å²) in [6.07, 6.45) is 3.35. The number of hydrogen-bond acceptors (Lipinski definition) is 7. The van der Waals surface area contributed by atoms with Crippen LogP contribution in [0.25, 0.3) is 11.3 Å². The van der Waals surface area contributed by atoms with Crippen LogP contribution >= 0.6 is 22.7 Å². The van der Waals surface area contributed by atoms with Gasteiger partial charge in [-0.05, 0) is 18.2 Å². The number of thiazole rings is 1. The summed E-state index contributed by atoms with van der Waals surface area (Å²) in [7, 11) is 0. The molecule has 3 heterocycles. The van der Waals surface area contributed by atoms with E-state index in [0.29, 0.717) is 10.8 Å². The zero-order valence-electron chi connectivity index (χ0n) is 10.9. The standard InChI is InChI=1S/C13H8N4O3S2/c18-12(10-3-4-11(22-10)17(19)20)16-13-15-9(7-21-13)8-2-1-5-14-6-8/h1-7H,(H,15,16,18). The van der Waals surface area contributed by atoms with Crippen molar-refractivity contribution in [1.82, 2.24) is 9.97 Å². The first kappa shape index (κ1) is 14.3. The summed E-state index contributed by atoms with van der Waals surface area (Å²) in [4.78, 5) is 30.7. The Balaban J connectivity index is 1.74. The molecule has 0 unspecified atom stereocenters. The quantitative estimate of drug-likeness (QED) is 0.583. The summed E-state index contributed by atoms with van der Waals surface area (Å²) in [6.45, 7) is 0. The summed E-state index contributed by atoms with van der Waals surface area (Å²) in [5, 5.41) is 15.4. The summed E-state index contributed by atoms with van der Waals surface area (Å²) >= 11 is 2.11. The van der Waals surface area contributed by atoms with Gasteiger partial charge < -0.3 is 0 Å². The number of thiophene rings is 1. The fraction of sp³-hybridized carbons (Fsp3) is 0. The predicted octanol–water partition coefficient (Wildman–Crippen LogP) is 3.43. The van der Waals surface area contributed by atoms with Crippen molar-refractivity contribution in [1.29, 1.82) is 0 Å². The average molecular weight is 332 g/mol. The van der Waals surface area contributed by atoms with Crippen molar-refractivity contribution in [3.63, 3.8) is 0 Å². The molecule has 0 aliphatic heterocycles. The van der Waals surface area contributed by atoms with Crippen LogP contribution in [0.4, 0.5) is 10.1 Å². The van der Waals surface area contributed by atoms with E-state index in [1.165, 1.54) is 23.5 Å². The maximum atomic E-state index is 12.0. The highest BCUT2D eigenvalue weighted by Gasteiger charge is 2.16. The van der Waals surface area contributed by atoms with Crippen molar-refractivity contribution in [2.24, 2.45) is 0 Å². The number of hydrogen-bond donors (Lipinski definition) is 1. The van der Waals surface area contributed by atoms with E-state index in [9.17, 15) is 14.9 Å². The van der Waals surface area contributed by atoms with E-state index in [1.54, 1.807) is 18.5 Å². The summed E-state index contributed by atoms with van der Waals surface area (Å²) < 4.78 is 0. The van der Waals surface area contributed by atoms with Crippen LogP contribution in [0.2, 0.25) is 0 Å². The molecule has 0 bridgehead atoms. The van der Waals surface area contributed by atoms with Crippen LogP contribution in [0.5, 0.6) is 0 Å². The number of nitrogens with one attached hydrogen (secondary N) is 1. The highest BCUT2D eigenvalue weighted by atomic mass is 32.1. The molecule has 0 aliphatic rings. The van der Waals surface area contributed by atoms with Gasteiger partial charge in [0, 0.05) is 29.4 Å². The Kier molecular flexibility index (Phi) is 3.90. The molecule has 9 heteroatoms. The van der Waals surface area contributed by atoms with Crippen molar-refractivity contribution in [2.75, 3.05) is 5.32 Å². The van der Waals surface area contributed by atoms with E-state index < -0.39 is 10.8 Å². The molecule has 7 nitrogen and oxygen atoms in total. The molecule has 3 rings (SSSR count). The second-order valence-corrected chi connectivity index (χ2v) is 6.05. The third kappa shape index (κ3) is 3.00. The van der Waals surface area contributed by atoms with E-state index in [2.05, 4.69) is 15.3 Å². The molecule has 0 atom stereocenters. The zero-order valence-corrected chi connectivity index (χ0v) is 12.6. The van der Waals surface area contributed by atoms with Gasteiger partial charge in [-0.15, -0.1) is 11.3 Å². The minimum absolute atomic E-state index is 0.0691. The molecule has 0 saturated heterocycles. The minimum Gasteiger partial charge on any atom is -0.297 e. The van der Waals surface area contributed by atoms with Crippen LogP contribution in [0, 0.1) is 10.1 Å². The predicted molar refractivity (Wildman–Crippen MR) is 84.3 cm³/mol. The number of aromatic nitrogens is 2. The van der Waals surface area contributed by atoms with Crippen molar-refractivity contribution in [3.8, 4) is 11.3 Å². The fourth-order valence-corrected chi connectivity index (χ4v) is 3.12. The van der Waals surface area contributed by atoms with E-state index >= 15 is 0 Å². The molecule has 22 heavy (non-hydrogen) atoms. The lowest BCUT2D eigenvalue weighted by molar-refractivity contribution is -0.380. The molecule has 0 spiro atoms. The Morgan fingerprint density at radius 2 is 2.18 bits per heavy atom. The van der Waals surface area contributed by atoms with Gasteiger partial charge in [-0.2, -0.15) is 0 Å². The molecule has 1 amide bonds. The molecule has 1 N–H and O–H groups in total. The third-order valence-corrected chi connectivity index (χ3v) is 4.47. The summed E-state index contributed by atoms with van der Waals surface area (Å²) in [6, 6.07) is 6.41. The monoisotopic (exact) mass is 332 g/mol. The Bertz CT molecular complexity index is 829. The number of pyridine rings is 1. The fourth-order valence-electron chi connectivity index (χ4n) is 1.68. The molecule has 0 saturated carbocycles. The SMILES string of the molecule is O=C(Nc1nc(-c2cccnc2)cs1)c1ccc([N+](=O)[O-])s1. The Labute approximate surface area is 132 Å². The van der Waals surface area contributed by atoms with Gasteiger partial charge in [0.1, 0.15) is 0 Å². The van der Waals surface area contributed by atoms with Crippen molar-refractivity contribution >= 4 is 38.7 Å². The Morgan fingerprint density at radius 1 is 1.32 bits per heavy atom. The van der Waals surface area contributed by atoms with E-state index in [1.807, 2.05) is 11.4 Å². The molecule has 0 fully saturated rings. The number of carbonyl (C=O) groups excluding carboxylic acids is 1. The van der Waals surface area contributed by atoms with Crippen LogP contribution in [0.1, 0.15) is 9.67 Å². The summed E-state index contributed by atoms with van der Waals surface area (Å²) in [5.74, 6) is -0.412. The van der Waals surface area contributed by atoms with Gasteiger partial charge in [0.25, 0.3) is 5.91 Å². The van der Waals surface area contributed by atoms with Gasteiger partial charge in [0.15, 0.2) is 5.13 Å². The molecule has 0 aromatic carbocycles.